The highest BCUT2D eigenvalue weighted by Crippen LogP contribution is 2.47. The summed E-state index contributed by atoms with van der Waals surface area (Å²) in [5.41, 5.74) is 0.752. The van der Waals surface area contributed by atoms with Crippen molar-refractivity contribution in [2.45, 2.75) is 25.9 Å². The van der Waals surface area contributed by atoms with Crippen LogP contribution in [-0.2, 0) is 25.2 Å². The third-order valence-corrected chi connectivity index (χ3v) is 6.85. The molecular formula is C26H30F3N5O4. The number of morpholine rings is 2. The lowest BCUT2D eigenvalue weighted by molar-refractivity contribution is -0.139. The second-order valence-electron chi connectivity index (χ2n) is 9.25. The van der Waals surface area contributed by atoms with Gasteiger partial charge in [0.05, 0.1) is 50.1 Å². The van der Waals surface area contributed by atoms with Gasteiger partial charge >= 0.3 is 12.1 Å². The summed E-state index contributed by atoms with van der Waals surface area (Å²) >= 11 is 0. The third kappa shape index (κ3) is 5.14. The number of carbonyl (C=O) groups excluding carboxylic acids is 1. The molecule has 1 N–H and O–H groups in total. The number of esters is 1. The molecule has 1 unspecified atom stereocenters. The molecule has 1 aromatic carbocycles. The minimum Gasteiger partial charge on any atom is -0.463 e. The van der Waals surface area contributed by atoms with Crippen LogP contribution in [0.4, 0.5) is 30.8 Å². The number of allylic oxidation sites excluding steroid dienone is 1. The van der Waals surface area contributed by atoms with E-state index < -0.39 is 23.6 Å². The monoisotopic (exact) mass is 533 g/mol. The van der Waals surface area contributed by atoms with Crippen LogP contribution in [0.25, 0.3) is 0 Å². The molecule has 4 heterocycles. The summed E-state index contributed by atoms with van der Waals surface area (Å²) in [6.07, 6.45) is -4.54. The molecule has 5 rings (SSSR count). The van der Waals surface area contributed by atoms with Gasteiger partial charge in [-0.3, -0.25) is 0 Å². The first-order valence-electron chi connectivity index (χ1n) is 12.7. The van der Waals surface area contributed by atoms with Crippen molar-refractivity contribution in [2.24, 2.45) is 0 Å². The fourth-order valence-corrected chi connectivity index (χ4v) is 5.04. The van der Waals surface area contributed by atoms with Gasteiger partial charge in [0.2, 0.25) is 5.95 Å². The molecule has 3 aliphatic heterocycles. The maximum absolute atomic E-state index is 13.7. The van der Waals surface area contributed by atoms with E-state index in [1.807, 2.05) is 9.80 Å². The van der Waals surface area contributed by atoms with Crippen molar-refractivity contribution in [1.29, 1.82) is 0 Å². The van der Waals surface area contributed by atoms with Crippen LogP contribution in [0, 0.1) is 0 Å². The summed E-state index contributed by atoms with van der Waals surface area (Å²) in [7, 11) is 0. The van der Waals surface area contributed by atoms with Crippen LogP contribution >= 0.6 is 0 Å². The third-order valence-electron chi connectivity index (χ3n) is 6.85. The largest absolute Gasteiger partial charge is 0.463 e. The van der Waals surface area contributed by atoms with E-state index in [-0.39, 0.29) is 12.2 Å². The molecule has 2 saturated heterocycles. The van der Waals surface area contributed by atoms with Gasteiger partial charge in [-0.05, 0) is 25.5 Å². The second-order valence-corrected chi connectivity index (χ2v) is 9.25. The van der Waals surface area contributed by atoms with Gasteiger partial charge in [-0.15, -0.1) is 0 Å². The first-order chi connectivity index (χ1) is 18.3. The lowest BCUT2D eigenvalue weighted by atomic mass is 9.81. The normalized spacial score (nSPS) is 20.2. The average Bonchev–Trinajstić information content (AvgIpc) is 2.92. The summed E-state index contributed by atoms with van der Waals surface area (Å²) in [4.78, 5) is 27.1. The molecule has 2 fully saturated rings. The molecule has 9 nitrogen and oxygen atoms in total. The maximum atomic E-state index is 13.7. The number of hydrogen-bond acceptors (Lipinski definition) is 9. The Labute approximate surface area is 218 Å². The number of anilines is 3. The average molecular weight is 534 g/mol. The van der Waals surface area contributed by atoms with Gasteiger partial charge in [-0.25, -0.2) is 4.79 Å². The predicted octanol–water partition coefficient (Wildman–Crippen LogP) is 3.56. The predicted molar refractivity (Wildman–Crippen MR) is 134 cm³/mol. The first kappa shape index (κ1) is 26.2. The summed E-state index contributed by atoms with van der Waals surface area (Å²) in [5, 5.41) is 3.24. The molecule has 38 heavy (non-hydrogen) atoms. The minimum atomic E-state index is -4.54. The molecule has 1 atom stereocenters. The van der Waals surface area contributed by atoms with E-state index in [4.69, 9.17) is 24.2 Å². The molecule has 0 radical (unpaired) electrons. The Balaban J connectivity index is 1.73. The van der Waals surface area contributed by atoms with Crippen LogP contribution in [0.5, 0.6) is 0 Å². The van der Waals surface area contributed by atoms with Crippen LogP contribution in [0.1, 0.15) is 36.5 Å². The molecule has 1 aromatic heterocycles. The molecule has 2 aromatic rings. The van der Waals surface area contributed by atoms with Gasteiger partial charge < -0.3 is 29.3 Å². The molecular weight excluding hydrogens is 503 g/mol. The molecule has 0 aliphatic carbocycles. The zero-order valence-electron chi connectivity index (χ0n) is 21.3. The second kappa shape index (κ2) is 10.8. The number of carbonyl (C=O) groups is 1. The van der Waals surface area contributed by atoms with E-state index in [0.717, 1.165) is 12.1 Å². The molecule has 204 valence electrons. The minimum absolute atomic E-state index is 0.126. The standard InChI is InChI=1S/C26H30F3N5O4/c1-3-38-24(35)19-16(2)30-22-21(20(19)17-5-4-6-18(15-17)26(27,28)29)23(33-7-11-36-12-8-33)32-25(31-22)34-9-13-37-14-10-34/h4-6,15,20H,3,7-14H2,1-2H3,(H,30,31,32). The molecule has 3 aliphatic rings. The van der Waals surface area contributed by atoms with Crippen molar-refractivity contribution < 1.29 is 32.2 Å². The number of fused-ring (bicyclic) bond motifs is 1. The Morgan fingerprint density at radius 1 is 1.08 bits per heavy atom. The zero-order chi connectivity index (χ0) is 26.9. The highest BCUT2D eigenvalue weighted by Gasteiger charge is 2.40. The molecule has 0 saturated carbocycles. The van der Waals surface area contributed by atoms with Gasteiger partial charge in [0.1, 0.15) is 11.6 Å². The number of halogens is 3. The number of benzene rings is 1. The Hall–Kier alpha value is -3.38. The van der Waals surface area contributed by atoms with Gasteiger partial charge in [0, 0.05) is 37.4 Å². The summed E-state index contributed by atoms with van der Waals surface area (Å²) in [5.74, 6) is 0.0380. The number of nitrogens with zero attached hydrogens (tertiary/aromatic N) is 4. The van der Waals surface area contributed by atoms with Gasteiger partial charge in [0.25, 0.3) is 0 Å². The lowest BCUT2D eigenvalue weighted by Gasteiger charge is -2.37. The van der Waals surface area contributed by atoms with E-state index >= 15 is 0 Å². The topological polar surface area (TPSA) is 89.0 Å². The van der Waals surface area contributed by atoms with Crippen LogP contribution in [-0.4, -0.2) is 75.2 Å². The van der Waals surface area contributed by atoms with Crippen LogP contribution < -0.4 is 15.1 Å². The van der Waals surface area contributed by atoms with Crippen molar-refractivity contribution in [3.05, 3.63) is 52.2 Å². The van der Waals surface area contributed by atoms with E-state index in [0.29, 0.717) is 87.0 Å². The Morgan fingerprint density at radius 3 is 2.37 bits per heavy atom. The molecule has 0 amide bonds. The smallest absolute Gasteiger partial charge is 0.416 e. The number of hydrogen-bond donors (Lipinski definition) is 1. The molecule has 0 spiro atoms. The van der Waals surface area contributed by atoms with E-state index in [1.165, 1.54) is 6.07 Å². The lowest BCUT2D eigenvalue weighted by Crippen LogP contribution is -2.41. The van der Waals surface area contributed by atoms with Crippen molar-refractivity contribution >= 4 is 23.6 Å². The Morgan fingerprint density at radius 2 is 1.74 bits per heavy atom. The number of aromatic nitrogens is 2. The van der Waals surface area contributed by atoms with Crippen LogP contribution in [0.3, 0.4) is 0 Å². The summed E-state index contributed by atoms with van der Waals surface area (Å²) in [6.45, 7) is 7.87. The molecule has 12 heteroatoms. The zero-order valence-corrected chi connectivity index (χ0v) is 21.3. The highest BCUT2D eigenvalue weighted by molar-refractivity contribution is 5.95. The fourth-order valence-electron chi connectivity index (χ4n) is 5.04. The fraction of sp³-hybridized carbons (Fsp3) is 0.500. The number of nitrogens with one attached hydrogen (secondary N) is 1. The maximum Gasteiger partial charge on any atom is 0.416 e. The SMILES string of the molecule is CCOC(=O)C1=C(C)Nc2nc(N3CCOCC3)nc(N3CCOCC3)c2C1c1cccc(C(F)(F)F)c1. The van der Waals surface area contributed by atoms with Crippen molar-refractivity contribution in [1.82, 2.24) is 9.97 Å². The summed E-state index contributed by atoms with van der Waals surface area (Å²) in [6, 6.07) is 5.06. The number of alkyl halides is 3. The van der Waals surface area contributed by atoms with Crippen molar-refractivity contribution in [3.8, 4) is 0 Å². The first-order valence-corrected chi connectivity index (χ1v) is 12.7. The quantitative estimate of drug-likeness (QED) is 0.580. The highest BCUT2D eigenvalue weighted by atomic mass is 19.4. The van der Waals surface area contributed by atoms with Gasteiger partial charge in [-0.2, -0.15) is 23.1 Å². The van der Waals surface area contributed by atoms with Gasteiger partial charge in [-0.1, -0.05) is 18.2 Å². The van der Waals surface area contributed by atoms with Crippen molar-refractivity contribution in [2.75, 3.05) is 74.3 Å². The van der Waals surface area contributed by atoms with E-state index in [1.54, 1.807) is 19.9 Å². The van der Waals surface area contributed by atoms with E-state index in [9.17, 15) is 18.0 Å². The van der Waals surface area contributed by atoms with Crippen LogP contribution in [0.2, 0.25) is 0 Å². The summed E-state index contributed by atoms with van der Waals surface area (Å²) < 4.78 is 57.6. The molecule has 0 bridgehead atoms. The van der Waals surface area contributed by atoms with Gasteiger partial charge in [0.15, 0.2) is 0 Å². The van der Waals surface area contributed by atoms with E-state index in [2.05, 4.69) is 5.32 Å². The Bertz CT molecular complexity index is 1220. The van der Waals surface area contributed by atoms with Crippen LogP contribution in [0.15, 0.2) is 35.5 Å². The number of ether oxygens (including phenoxy) is 3. The van der Waals surface area contributed by atoms with Crippen molar-refractivity contribution in [3.63, 3.8) is 0 Å². The number of rotatable bonds is 5. The Kier molecular flexibility index (Phi) is 7.44.